The van der Waals surface area contributed by atoms with Gasteiger partial charge in [0, 0.05) is 95.3 Å². The van der Waals surface area contributed by atoms with Gasteiger partial charge >= 0.3 is 0 Å². The Balaban J connectivity index is 0.000000161. The van der Waals surface area contributed by atoms with Crippen molar-refractivity contribution in [1.82, 2.24) is 45.6 Å². The van der Waals surface area contributed by atoms with Gasteiger partial charge in [-0.2, -0.15) is 0 Å². The molecule has 21 heteroatoms. The number of likely N-dealkylation sites (tertiary alicyclic amines) is 3. The van der Waals surface area contributed by atoms with E-state index in [9.17, 15) is 41.9 Å². The van der Waals surface area contributed by atoms with Crippen molar-refractivity contribution in [3.8, 4) is 33.4 Å². The highest BCUT2D eigenvalue weighted by molar-refractivity contribution is 5.97. The number of halogens is 3. The van der Waals surface area contributed by atoms with Crippen molar-refractivity contribution in [3.63, 3.8) is 0 Å². The summed E-state index contributed by atoms with van der Waals surface area (Å²) in [6.45, 7) is 7.61. The Morgan fingerprint density at radius 3 is 0.889 bits per heavy atom. The van der Waals surface area contributed by atoms with Crippen molar-refractivity contribution in [3.05, 3.63) is 250 Å². The van der Waals surface area contributed by atoms with E-state index in [2.05, 4.69) is 30.9 Å². The summed E-state index contributed by atoms with van der Waals surface area (Å²) in [5.41, 5.74) is 27.0. The molecule has 3 aliphatic heterocycles. The Bertz CT molecular complexity index is 3990. The smallest absolute Gasteiger partial charge is 0.254 e. The molecule has 0 bridgehead atoms. The Kier molecular flexibility index (Phi) is 22.6. The second kappa shape index (κ2) is 31.8. The van der Waals surface area contributed by atoms with Crippen LogP contribution in [0.15, 0.2) is 182 Å². The van der Waals surface area contributed by atoms with Crippen LogP contribution in [0.1, 0.15) is 160 Å². The molecule has 18 nitrogen and oxygen atoms in total. The summed E-state index contributed by atoms with van der Waals surface area (Å²) in [5.74, 6) is -2.12. The van der Waals surface area contributed by atoms with E-state index in [-0.39, 0.29) is 87.7 Å². The van der Waals surface area contributed by atoms with Crippen LogP contribution in [0.4, 0.5) is 30.6 Å². The maximum absolute atomic E-state index is 14.9. The van der Waals surface area contributed by atoms with E-state index < -0.39 is 35.2 Å². The van der Waals surface area contributed by atoms with Gasteiger partial charge in [0.2, 0.25) is 17.7 Å². The number of nitrogens with two attached hydrogens (primary N) is 3. The molecule has 6 amide bonds. The van der Waals surface area contributed by atoms with E-state index in [1.54, 1.807) is 72.6 Å². The van der Waals surface area contributed by atoms with Gasteiger partial charge in [0.1, 0.15) is 34.9 Å². The third-order valence-corrected chi connectivity index (χ3v) is 18.7. The quantitative estimate of drug-likeness (QED) is 0.0560. The van der Waals surface area contributed by atoms with Gasteiger partial charge in [-0.05, 0) is 162 Å². The summed E-state index contributed by atoms with van der Waals surface area (Å²) < 4.78 is 44.8. The normalized spacial score (nSPS) is 17.0. The molecule has 12 rings (SSSR count). The van der Waals surface area contributed by atoms with Crippen LogP contribution in [-0.4, -0.2) is 106 Å². The van der Waals surface area contributed by atoms with E-state index in [4.69, 9.17) is 17.2 Å². The summed E-state index contributed by atoms with van der Waals surface area (Å²) in [5, 5.41) is 8.50. The predicted molar refractivity (Wildman–Crippen MR) is 378 cm³/mol. The fourth-order valence-corrected chi connectivity index (χ4v) is 12.4. The summed E-state index contributed by atoms with van der Waals surface area (Å²) in [7, 11) is 5.39. The lowest BCUT2D eigenvalue weighted by molar-refractivity contribution is -0.133. The lowest BCUT2D eigenvalue weighted by atomic mass is 9.88. The standard InChI is InChI=1S/3C26H27FN4O2/c3*1-16(17-6-4-3-5-7-17)30-26(33)21-9-8-19(13-23(21)27)22-12-20(15-29-25(22)28)18-10-11-31(2)24(32)14-18/h3*3-9,12-13,15-16,18H,10-11,14H2,1-2H3,(H2,28,29)(H,30,33)/t16-,18?;16-,18+;16-,18-/m111/s1. The number of nitrogen functional groups attached to an aromatic ring is 3. The van der Waals surface area contributed by atoms with Gasteiger partial charge in [0.15, 0.2) is 0 Å². The first kappa shape index (κ1) is 70.6. The van der Waals surface area contributed by atoms with Crippen molar-refractivity contribution < 1.29 is 41.9 Å². The van der Waals surface area contributed by atoms with Gasteiger partial charge in [0.05, 0.1) is 34.8 Å². The van der Waals surface area contributed by atoms with Crippen LogP contribution in [-0.2, 0) is 14.4 Å². The average Bonchev–Trinajstić information content (AvgIpc) is 0.815. The maximum Gasteiger partial charge on any atom is 0.254 e. The fourth-order valence-electron chi connectivity index (χ4n) is 12.4. The highest BCUT2D eigenvalue weighted by atomic mass is 19.1. The zero-order valence-corrected chi connectivity index (χ0v) is 56.1. The molecule has 9 N–H and O–H groups in total. The summed E-state index contributed by atoms with van der Waals surface area (Å²) >= 11 is 0. The number of hydrogen-bond acceptors (Lipinski definition) is 12. The number of aromatic nitrogens is 3. The Morgan fingerprint density at radius 1 is 0.404 bits per heavy atom. The molecule has 6 aromatic carbocycles. The number of carbonyl (C=O) groups excluding carboxylic acids is 6. The van der Waals surface area contributed by atoms with Crippen LogP contribution < -0.4 is 33.2 Å². The van der Waals surface area contributed by atoms with Gasteiger partial charge in [0.25, 0.3) is 17.7 Å². The van der Waals surface area contributed by atoms with Crippen molar-refractivity contribution in [2.75, 3.05) is 58.0 Å². The van der Waals surface area contributed by atoms with Crippen molar-refractivity contribution in [1.29, 1.82) is 0 Å². The summed E-state index contributed by atoms with van der Waals surface area (Å²) in [4.78, 5) is 92.3. The molecular weight excluding hydrogens is 1260 g/mol. The topological polar surface area (TPSA) is 265 Å². The fraction of sp³-hybridized carbons (Fsp3) is 0.269. The maximum atomic E-state index is 14.9. The molecule has 3 saturated heterocycles. The van der Waals surface area contributed by atoms with Crippen molar-refractivity contribution in [2.45, 2.75) is 95.2 Å². The Hall–Kier alpha value is -11.2. The highest BCUT2D eigenvalue weighted by Crippen LogP contribution is 2.38. The molecule has 9 aromatic rings. The van der Waals surface area contributed by atoms with Crippen LogP contribution in [0.5, 0.6) is 0 Å². The number of rotatable bonds is 15. The number of nitrogens with zero attached hydrogens (tertiary/aromatic N) is 6. The molecule has 3 fully saturated rings. The molecule has 0 aliphatic carbocycles. The van der Waals surface area contributed by atoms with Gasteiger partial charge in [-0.25, -0.2) is 28.1 Å². The number of pyridine rings is 3. The van der Waals surface area contributed by atoms with Gasteiger partial charge < -0.3 is 47.9 Å². The second-order valence-corrected chi connectivity index (χ2v) is 25.5. The zero-order valence-electron chi connectivity index (χ0n) is 56.1. The monoisotopic (exact) mass is 1340 g/mol. The lowest BCUT2D eigenvalue weighted by Crippen LogP contribution is -2.34. The number of benzene rings is 6. The first-order valence-corrected chi connectivity index (χ1v) is 32.9. The molecular formula is C78H81F3N12O6. The largest absolute Gasteiger partial charge is 0.383 e. The first-order valence-electron chi connectivity index (χ1n) is 32.9. The van der Waals surface area contributed by atoms with Crippen LogP contribution in [0.25, 0.3) is 33.4 Å². The van der Waals surface area contributed by atoms with Crippen molar-refractivity contribution >= 4 is 52.9 Å². The molecule has 3 aromatic heterocycles. The number of nitrogens with one attached hydrogen (secondary N) is 3. The Labute approximate surface area is 574 Å². The van der Waals surface area contributed by atoms with E-state index in [1.807, 2.05) is 130 Å². The number of piperidine rings is 3. The summed E-state index contributed by atoms with van der Waals surface area (Å²) in [6.07, 6.45) is 8.79. The molecule has 6 heterocycles. The molecule has 0 saturated carbocycles. The van der Waals surface area contributed by atoms with Gasteiger partial charge in [-0.15, -0.1) is 0 Å². The molecule has 3 aliphatic rings. The minimum Gasteiger partial charge on any atom is -0.383 e. The van der Waals surface area contributed by atoms with E-state index in [0.29, 0.717) is 72.3 Å². The first-order chi connectivity index (χ1) is 47.5. The minimum atomic E-state index is -0.635. The van der Waals surface area contributed by atoms with Crippen LogP contribution in [0.2, 0.25) is 0 Å². The molecule has 0 spiro atoms. The molecule has 0 radical (unpaired) electrons. The van der Waals surface area contributed by atoms with Gasteiger partial charge in [-0.3, -0.25) is 28.8 Å². The summed E-state index contributed by atoms with van der Waals surface area (Å²) in [6, 6.07) is 46.6. The third-order valence-electron chi connectivity index (χ3n) is 18.7. The number of anilines is 3. The van der Waals surface area contributed by atoms with E-state index >= 15 is 0 Å². The molecule has 99 heavy (non-hydrogen) atoms. The van der Waals surface area contributed by atoms with Crippen LogP contribution >= 0.6 is 0 Å². The van der Waals surface area contributed by atoms with E-state index in [0.717, 1.165) is 52.6 Å². The highest BCUT2D eigenvalue weighted by Gasteiger charge is 2.30. The predicted octanol–water partition coefficient (Wildman–Crippen LogP) is 12.9. The Morgan fingerprint density at radius 2 is 0.657 bits per heavy atom. The van der Waals surface area contributed by atoms with Crippen LogP contribution in [0.3, 0.4) is 0 Å². The van der Waals surface area contributed by atoms with E-state index in [1.165, 1.54) is 36.4 Å². The minimum absolute atomic E-state index is 0.0369. The number of carbonyl (C=O) groups is 6. The molecule has 6 atom stereocenters. The number of hydrogen-bond donors (Lipinski definition) is 6. The SMILES string of the molecule is C[C@@H](NC(=O)c1ccc(-c2cc(C3CCN(C)C(=O)C3)cnc2N)cc1F)c1ccccc1.C[C@@H](NC(=O)c1ccc(-c2cc([C@@H]3CCN(C)C(=O)C3)cnc2N)cc1F)c1ccccc1.C[C@@H](NC(=O)c1ccc(-c2cc([C@H]3CCN(C)C(=O)C3)cnc2N)cc1F)c1ccccc1. The second-order valence-electron chi connectivity index (χ2n) is 25.5. The zero-order chi connectivity index (χ0) is 70.6. The molecule has 1 unspecified atom stereocenters. The van der Waals surface area contributed by atoms with Crippen molar-refractivity contribution in [2.24, 2.45) is 0 Å². The van der Waals surface area contributed by atoms with Crippen LogP contribution in [0, 0.1) is 17.5 Å². The molecule has 510 valence electrons. The number of amides is 6. The third kappa shape index (κ3) is 17.3. The lowest BCUT2D eigenvalue weighted by Gasteiger charge is -2.29. The van der Waals surface area contributed by atoms with Gasteiger partial charge in [-0.1, -0.05) is 109 Å². The average molecular weight is 1340 g/mol.